The number of aromatic amines is 1. The fourth-order valence-electron chi connectivity index (χ4n) is 2.11. The lowest BCUT2D eigenvalue weighted by atomic mass is 10.2. The average Bonchev–Trinajstić information content (AvgIpc) is 2.89. The number of anilines is 1. The molecule has 7 nitrogen and oxygen atoms in total. The van der Waals surface area contributed by atoms with Gasteiger partial charge in [0.1, 0.15) is 0 Å². The molecule has 3 N–H and O–H groups in total. The van der Waals surface area contributed by atoms with Crippen LogP contribution in [-0.2, 0) is 11.3 Å². The van der Waals surface area contributed by atoms with Crippen molar-refractivity contribution in [2.75, 3.05) is 12.3 Å². The van der Waals surface area contributed by atoms with Crippen molar-refractivity contribution in [3.63, 3.8) is 0 Å². The topological polar surface area (TPSA) is 98.8 Å². The summed E-state index contributed by atoms with van der Waals surface area (Å²) in [6.45, 7) is 1.46. The minimum absolute atomic E-state index is 0.108. The predicted octanol–water partition coefficient (Wildman–Crippen LogP) is -0.119. The third kappa shape index (κ3) is 1.78. The molecule has 0 amide bonds. The van der Waals surface area contributed by atoms with Crippen LogP contribution in [0.1, 0.15) is 12.8 Å². The molecule has 17 heavy (non-hydrogen) atoms. The summed E-state index contributed by atoms with van der Waals surface area (Å²) in [5, 5.41) is 0. The second-order valence-corrected chi connectivity index (χ2v) is 4.16. The fraction of sp³-hybridized carbons (Fsp3) is 0.500. The van der Waals surface area contributed by atoms with E-state index in [0.29, 0.717) is 17.7 Å². The molecule has 1 fully saturated rings. The summed E-state index contributed by atoms with van der Waals surface area (Å²) in [5.41, 5.74) is 6.05. The maximum Gasteiger partial charge on any atom is 0.280 e. The van der Waals surface area contributed by atoms with Crippen LogP contribution < -0.4 is 11.3 Å². The van der Waals surface area contributed by atoms with Crippen LogP contribution in [0.15, 0.2) is 11.1 Å². The molecular formula is C10H13N5O2. The zero-order valence-electron chi connectivity index (χ0n) is 9.22. The van der Waals surface area contributed by atoms with Gasteiger partial charge in [0.05, 0.1) is 19.0 Å². The quantitative estimate of drug-likeness (QED) is 0.756. The number of hydrogen-bond donors (Lipinski definition) is 2. The summed E-state index contributed by atoms with van der Waals surface area (Å²) in [5.74, 6) is 0.108. The lowest BCUT2D eigenvalue weighted by Gasteiger charge is -2.10. The second-order valence-electron chi connectivity index (χ2n) is 4.16. The number of hydrogen-bond acceptors (Lipinski definition) is 5. The molecule has 3 rings (SSSR count). The molecule has 1 saturated heterocycles. The highest BCUT2D eigenvalue weighted by Gasteiger charge is 2.18. The molecule has 0 spiro atoms. The number of fused-ring (bicyclic) bond motifs is 1. The number of nitrogens with two attached hydrogens (primary N) is 1. The molecular weight excluding hydrogens is 222 g/mol. The van der Waals surface area contributed by atoms with Gasteiger partial charge in [-0.15, -0.1) is 0 Å². The molecule has 2 aromatic heterocycles. The van der Waals surface area contributed by atoms with E-state index in [1.807, 2.05) is 4.57 Å². The van der Waals surface area contributed by atoms with E-state index in [1.54, 1.807) is 6.33 Å². The Morgan fingerprint density at radius 3 is 3.29 bits per heavy atom. The van der Waals surface area contributed by atoms with Crippen LogP contribution in [-0.4, -0.2) is 32.2 Å². The Balaban J connectivity index is 2.02. The average molecular weight is 235 g/mol. The maximum absolute atomic E-state index is 11.6. The molecule has 0 aromatic carbocycles. The molecule has 0 bridgehead atoms. The maximum atomic E-state index is 11.6. The Morgan fingerprint density at radius 1 is 1.65 bits per heavy atom. The number of imidazole rings is 1. The van der Waals surface area contributed by atoms with Crippen molar-refractivity contribution in [3.8, 4) is 0 Å². The molecule has 3 heterocycles. The molecule has 1 unspecified atom stereocenters. The first-order valence-corrected chi connectivity index (χ1v) is 5.56. The van der Waals surface area contributed by atoms with E-state index in [9.17, 15) is 4.79 Å². The highest BCUT2D eigenvalue weighted by Crippen LogP contribution is 2.16. The van der Waals surface area contributed by atoms with Crippen LogP contribution in [0.25, 0.3) is 11.2 Å². The first-order valence-electron chi connectivity index (χ1n) is 5.56. The number of nitrogen functional groups attached to an aromatic ring is 1. The molecule has 0 aliphatic carbocycles. The standard InChI is InChI=1S/C10H13N5O2/c11-10-13-8-7(9(16)14-10)12-5-15(8)4-6-2-1-3-17-6/h5-6H,1-4H2,(H3,11,13,14,16). The Bertz CT molecular complexity index is 596. The molecule has 7 heteroatoms. The Hall–Kier alpha value is -1.89. The predicted molar refractivity (Wildman–Crippen MR) is 61.5 cm³/mol. The van der Waals surface area contributed by atoms with E-state index in [4.69, 9.17) is 10.5 Å². The zero-order chi connectivity index (χ0) is 11.8. The first kappa shape index (κ1) is 10.3. The number of ether oxygens (including phenoxy) is 1. The molecule has 1 aliphatic heterocycles. The summed E-state index contributed by atoms with van der Waals surface area (Å²) in [7, 11) is 0. The molecule has 90 valence electrons. The highest BCUT2D eigenvalue weighted by atomic mass is 16.5. The summed E-state index contributed by atoms with van der Waals surface area (Å²) < 4.78 is 7.36. The lowest BCUT2D eigenvalue weighted by molar-refractivity contribution is 0.0978. The monoisotopic (exact) mass is 235 g/mol. The number of nitrogens with zero attached hydrogens (tertiary/aromatic N) is 3. The minimum atomic E-state index is -0.307. The van der Waals surface area contributed by atoms with Crippen LogP contribution in [0, 0.1) is 0 Å². The number of nitrogens with one attached hydrogen (secondary N) is 1. The van der Waals surface area contributed by atoms with Crippen LogP contribution in [0.5, 0.6) is 0 Å². The third-order valence-corrected chi connectivity index (χ3v) is 2.92. The van der Waals surface area contributed by atoms with Gasteiger partial charge in [-0.1, -0.05) is 0 Å². The lowest BCUT2D eigenvalue weighted by Crippen LogP contribution is -2.16. The Kier molecular flexibility index (Phi) is 2.32. The summed E-state index contributed by atoms with van der Waals surface area (Å²) in [6.07, 6.45) is 3.88. The van der Waals surface area contributed by atoms with Gasteiger partial charge in [0.2, 0.25) is 5.95 Å². The summed E-state index contributed by atoms with van der Waals surface area (Å²) in [6, 6.07) is 0. The number of H-pyrrole nitrogens is 1. The largest absolute Gasteiger partial charge is 0.376 e. The van der Waals surface area contributed by atoms with Crippen LogP contribution in [0.3, 0.4) is 0 Å². The van der Waals surface area contributed by atoms with Gasteiger partial charge in [0.25, 0.3) is 5.56 Å². The molecule has 1 aliphatic rings. The minimum Gasteiger partial charge on any atom is -0.376 e. The van der Waals surface area contributed by atoms with Crippen molar-refractivity contribution >= 4 is 17.1 Å². The second kappa shape index (κ2) is 3.85. The molecule has 0 radical (unpaired) electrons. The van der Waals surface area contributed by atoms with Crippen molar-refractivity contribution in [2.24, 2.45) is 0 Å². The van der Waals surface area contributed by atoms with E-state index >= 15 is 0 Å². The Morgan fingerprint density at radius 2 is 2.53 bits per heavy atom. The van der Waals surface area contributed by atoms with E-state index in [1.165, 1.54) is 0 Å². The van der Waals surface area contributed by atoms with Crippen LogP contribution in [0.2, 0.25) is 0 Å². The van der Waals surface area contributed by atoms with E-state index in [2.05, 4.69) is 15.0 Å². The van der Waals surface area contributed by atoms with Crippen molar-refractivity contribution in [1.29, 1.82) is 0 Å². The smallest absolute Gasteiger partial charge is 0.280 e. The van der Waals surface area contributed by atoms with Gasteiger partial charge in [-0.2, -0.15) is 4.98 Å². The van der Waals surface area contributed by atoms with E-state index < -0.39 is 0 Å². The van der Waals surface area contributed by atoms with Crippen molar-refractivity contribution in [1.82, 2.24) is 19.5 Å². The Labute approximate surface area is 96.6 Å². The van der Waals surface area contributed by atoms with Crippen LogP contribution >= 0.6 is 0 Å². The van der Waals surface area contributed by atoms with Crippen molar-refractivity contribution in [2.45, 2.75) is 25.5 Å². The van der Waals surface area contributed by atoms with Gasteiger partial charge in [0, 0.05) is 6.61 Å². The molecule has 1 atom stereocenters. The highest BCUT2D eigenvalue weighted by molar-refractivity contribution is 5.70. The first-order chi connectivity index (χ1) is 8.24. The van der Waals surface area contributed by atoms with Gasteiger partial charge in [-0.25, -0.2) is 4.98 Å². The van der Waals surface area contributed by atoms with E-state index in [-0.39, 0.29) is 17.6 Å². The summed E-state index contributed by atoms with van der Waals surface area (Å²) in [4.78, 5) is 22.1. The van der Waals surface area contributed by atoms with Crippen LogP contribution in [0.4, 0.5) is 5.95 Å². The van der Waals surface area contributed by atoms with Gasteiger partial charge >= 0.3 is 0 Å². The number of aromatic nitrogens is 4. The van der Waals surface area contributed by atoms with E-state index in [0.717, 1.165) is 19.4 Å². The zero-order valence-corrected chi connectivity index (χ0v) is 9.22. The molecule has 0 saturated carbocycles. The van der Waals surface area contributed by atoms with Crippen molar-refractivity contribution in [3.05, 3.63) is 16.7 Å². The third-order valence-electron chi connectivity index (χ3n) is 2.92. The SMILES string of the molecule is Nc1nc2c(ncn2CC2CCCO2)c(=O)[nH]1. The normalized spacial score (nSPS) is 20.1. The van der Waals surface area contributed by atoms with Gasteiger partial charge < -0.3 is 15.0 Å². The fourth-order valence-corrected chi connectivity index (χ4v) is 2.11. The number of rotatable bonds is 2. The van der Waals surface area contributed by atoms with Gasteiger partial charge in [0.15, 0.2) is 11.2 Å². The van der Waals surface area contributed by atoms with Crippen molar-refractivity contribution < 1.29 is 4.74 Å². The van der Waals surface area contributed by atoms with Gasteiger partial charge in [-0.3, -0.25) is 9.78 Å². The summed E-state index contributed by atoms with van der Waals surface area (Å²) >= 11 is 0. The van der Waals surface area contributed by atoms with Gasteiger partial charge in [-0.05, 0) is 12.8 Å². The molecule has 2 aromatic rings.